The fraction of sp³-hybridized carbons (Fsp3) is 1.00. The van der Waals surface area contributed by atoms with Gasteiger partial charge in [0.15, 0.2) is 0 Å². The Labute approximate surface area is 127 Å². The molecule has 2 aliphatic rings. The van der Waals surface area contributed by atoms with Crippen molar-refractivity contribution >= 4 is 15.9 Å². The van der Waals surface area contributed by atoms with E-state index in [4.69, 9.17) is 4.74 Å². The average Bonchev–Trinajstić information content (AvgIpc) is 2.68. The van der Waals surface area contributed by atoms with E-state index < -0.39 is 0 Å². The zero-order valence-electron chi connectivity index (χ0n) is 12.5. The van der Waals surface area contributed by atoms with Gasteiger partial charge >= 0.3 is 0 Å². The van der Waals surface area contributed by atoms with Crippen LogP contribution in [0.3, 0.4) is 0 Å². The monoisotopic (exact) mass is 331 g/mol. The van der Waals surface area contributed by atoms with Crippen LogP contribution in [0.5, 0.6) is 0 Å². The second-order valence-corrected chi connectivity index (χ2v) is 7.04. The second-order valence-electron chi connectivity index (χ2n) is 6.48. The third-order valence-corrected chi connectivity index (χ3v) is 6.13. The fourth-order valence-electron chi connectivity index (χ4n) is 3.76. The van der Waals surface area contributed by atoms with Crippen molar-refractivity contribution in [2.24, 2.45) is 5.41 Å². The number of rotatable bonds is 5. The Balaban J connectivity index is 1.82. The quantitative estimate of drug-likeness (QED) is 0.552. The topological polar surface area (TPSA) is 12.5 Å². The summed E-state index contributed by atoms with van der Waals surface area (Å²) in [6.45, 7) is 6.75. The Morgan fingerprint density at radius 3 is 2.26 bits per heavy atom. The van der Waals surface area contributed by atoms with Crippen LogP contribution >= 0.6 is 15.9 Å². The predicted molar refractivity (Wildman–Crippen MR) is 85.0 cm³/mol. The highest BCUT2D eigenvalue weighted by Gasteiger charge is 2.33. The molecule has 0 radical (unpaired) electrons. The molecule has 0 atom stereocenters. The highest BCUT2D eigenvalue weighted by Crippen LogP contribution is 2.38. The maximum Gasteiger partial charge on any atom is 0.0599 e. The van der Waals surface area contributed by atoms with E-state index in [1.165, 1.54) is 76.3 Å². The third-order valence-electron chi connectivity index (χ3n) is 4.94. The molecular weight excluding hydrogens is 302 g/mol. The third kappa shape index (κ3) is 4.71. The minimum absolute atomic E-state index is 0.523. The average molecular weight is 332 g/mol. The molecule has 19 heavy (non-hydrogen) atoms. The van der Waals surface area contributed by atoms with Gasteiger partial charge in [-0.2, -0.15) is 0 Å². The summed E-state index contributed by atoms with van der Waals surface area (Å²) in [5, 5.41) is 1.19. The minimum atomic E-state index is 0.523. The van der Waals surface area contributed by atoms with Crippen molar-refractivity contribution in [3.8, 4) is 0 Å². The van der Waals surface area contributed by atoms with Crippen molar-refractivity contribution in [3.63, 3.8) is 0 Å². The second kappa shape index (κ2) is 7.99. The van der Waals surface area contributed by atoms with E-state index in [1.807, 2.05) is 0 Å². The Kier molecular flexibility index (Phi) is 6.64. The normalized spacial score (nSPS) is 26.2. The van der Waals surface area contributed by atoms with E-state index in [1.54, 1.807) is 0 Å². The molecule has 1 saturated carbocycles. The molecular formula is C16H30BrNO. The van der Waals surface area contributed by atoms with Crippen molar-refractivity contribution < 1.29 is 4.74 Å². The molecule has 1 aliphatic heterocycles. The van der Waals surface area contributed by atoms with Crippen molar-refractivity contribution in [2.45, 2.75) is 64.4 Å². The molecule has 1 heterocycles. The van der Waals surface area contributed by atoms with E-state index in [0.29, 0.717) is 11.5 Å². The Hall–Kier alpha value is 0.400. The maximum atomic E-state index is 5.76. The summed E-state index contributed by atoms with van der Waals surface area (Å²) in [5.74, 6) is 0. The number of nitrogens with zero attached hydrogens (tertiary/aromatic N) is 1. The van der Waals surface area contributed by atoms with Crippen LogP contribution in [0.4, 0.5) is 0 Å². The molecule has 1 aliphatic carbocycles. The van der Waals surface area contributed by atoms with Crippen molar-refractivity contribution in [2.75, 3.05) is 31.6 Å². The number of likely N-dealkylation sites (tertiary alicyclic amines) is 1. The molecule has 2 fully saturated rings. The largest absolute Gasteiger partial charge is 0.378 e. The molecule has 0 N–H and O–H groups in total. The van der Waals surface area contributed by atoms with Crippen LogP contribution in [0.25, 0.3) is 0 Å². The van der Waals surface area contributed by atoms with Crippen molar-refractivity contribution in [3.05, 3.63) is 0 Å². The van der Waals surface area contributed by atoms with Crippen LogP contribution in [-0.4, -0.2) is 42.6 Å². The van der Waals surface area contributed by atoms with E-state index in [0.717, 1.165) is 6.61 Å². The molecule has 0 amide bonds. The summed E-state index contributed by atoms with van der Waals surface area (Å²) in [5.41, 5.74) is 0.551. The minimum Gasteiger partial charge on any atom is -0.378 e. The van der Waals surface area contributed by atoms with Crippen LogP contribution in [0.1, 0.15) is 58.3 Å². The number of ether oxygens (including phenoxy) is 1. The standard InChI is InChI=1S/C16H30BrNO/c1-2-19-15-7-11-18(12-8-15)14-16(13-17)9-5-3-4-6-10-16/h15H,2-14H2,1H3. The lowest BCUT2D eigenvalue weighted by atomic mass is 9.81. The van der Waals surface area contributed by atoms with Gasteiger partial charge in [0.05, 0.1) is 6.10 Å². The molecule has 0 aromatic carbocycles. The van der Waals surface area contributed by atoms with E-state index in [-0.39, 0.29) is 0 Å². The Morgan fingerprint density at radius 1 is 1.11 bits per heavy atom. The molecule has 2 nitrogen and oxygen atoms in total. The van der Waals surface area contributed by atoms with Crippen LogP contribution in [0.2, 0.25) is 0 Å². The Morgan fingerprint density at radius 2 is 1.74 bits per heavy atom. The summed E-state index contributed by atoms with van der Waals surface area (Å²) in [6.07, 6.45) is 11.6. The summed E-state index contributed by atoms with van der Waals surface area (Å²) in [4.78, 5) is 2.70. The lowest BCUT2D eigenvalue weighted by molar-refractivity contribution is 0.00443. The van der Waals surface area contributed by atoms with Gasteiger partial charge in [0.1, 0.15) is 0 Å². The van der Waals surface area contributed by atoms with Gasteiger partial charge in [0, 0.05) is 31.6 Å². The van der Waals surface area contributed by atoms with Gasteiger partial charge in [0.2, 0.25) is 0 Å². The SMILES string of the molecule is CCOC1CCN(CC2(CBr)CCCCCC2)CC1. The zero-order chi connectivity index (χ0) is 13.6. The van der Waals surface area contributed by atoms with Gasteiger partial charge in [-0.25, -0.2) is 0 Å². The summed E-state index contributed by atoms with van der Waals surface area (Å²) in [7, 11) is 0. The number of halogens is 1. The van der Waals surface area contributed by atoms with Gasteiger partial charge in [0.25, 0.3) is 0 Å². The first-order valence-electron chi connectivity index (χ1n) is 8.18. The van der Waals surface area contributed by atoms with Gasteiger partial charge < -0.3 is 9.64 Å². The van der Waals surface area contributed by atoms with Gasteiger partial charge in [-0.1, -0.05) is 41.6 Å². The zero-order valence-corrected chi connectivity index (χ0v) is 14.1. The Bertz CT molecular complexity index is 243. The van der Waals surface area contributed by atoms with Crippen molar-refractivity contribution in [1.82, 2.24) is 4.90 Å². The van der Waals surface area contributed by atoms with E-state index in [2.05, 4.69) is 27.8 Å². The van der Waals surface area contributed by atoms with Gasteiger partial charge in [-0.15, -0.1) is 0 Å². The predicted octanol–water partition coefficient (Wildman–Crippen LogP) is 4.22. The highest BCUT2D eigenvalue weighted by atomic mass is 79.9. The molecule has 2 rings (SSSR count). The molecule has 0 aromatic rings. The number of piperidine rings is 1. The highest BCUT2D eigenvalue weighted by molar-refractivity contribution is 9.09. The van der Waals surface area contributed by atoms with Gasteiger partial charge in [-0.3, -0.25) is 0 Å². The van der Waals surface area contributed by atoms with Crippen LogP contribution in [-0.2, 0) is 4.74 Å². The van der Waals surface area contributed by atoms with Crippen LogP contribution in [0, 0.1) is 5.41 Å². The molecule has 0 aromatic heterocycles. The van der Waals surface area contributed by atoms with Crippen molar-refractivity contribution in [1.29, 1.82) is 0 Å². The molecule has 0 bridgehead atoms. The first-order valence-corrected chi connectivity index (χ1v) is 9.30. The first kappa shape index (κ1) is 15.8. The first-order chi connectivity index (χ1) is 9.28. The number of alkyl halides is 1. The smallest absolute Gasteiger partial charge is 0.0599 e. The van der Waals surface area contributed by atoms with E-state index >= 15 is 0 Å². The lowest BCUT2D eigenvalue weighted by Gasteiger charge is -2.40. The van der Waals surface area contributed by atoms with E-state index in [9.17, 15) is 0 Å². The summed E-state index contributed by atoms with van der Waals surface area (Å²) in [6, 6.07) is 0. The summed E-state index contributed by atoms with van der Waals surface area (Å²) >= 11 is 3.82. The molecule has 0 spiro atoms. The number of hydrogen-bond donors (Lipinski definition) is 0. The molecule has 3 heteroatoms. The van der Waals surface area contributed by atoms with Crippen LogP contribution in [0.15, 0.2) is 0 Å². The molecule has 0 unspecified atom stereocenters. The lowest BCUT2D eigenvalue weighted by Crippen LogP contribution is -2.44. The summed E-state index contributed by atoms with van der Waals surface area (Å²) < 4.78 is 5.76. The molecule has 1 saturated heterocycles. The fourth-order valence-corrected chi connectivity index (χ4v) is 4.49. The number of hydrogen-bond acceptors (Lipinski definition) is 2. The van der Waals surface area contributed by atoms with Crippen LogP contribution < -0.4 is 0 Å². The maximum absolute atomic E-state index is 5.76. The molecule has 112 valence electrons. The van der Waals surface area contributed by atoms with Gasteiger partial charge in [-0.05, 0) is 38.0 Å².